The molecule has 1 amide bonds. The molecule has 18 heavy (non-hydrogen) atoms. The van der Waals surface area contributed by atoms with E-state index in [1.807, 2.05) is 13.8 Å². The fourth-order valence-electron chi connectivity index (χ4n) is 2.56. The lowest BCUT2D eigenvalue weighted by molar-refractivity contribution is -0.146. The number of carboxylic acid groups (broad SMARTS) is 1. The predicted octanol–water partition coefficient (Wildman–Crippen LogP) is 1.28. The summed E-state index contributed by atoms with van der Waals surface area (Å²) in [5.74, 6) is -1.54. The molecule has 0 heterocycles. The molecule has 1 saturated carbocycles. The first-order chi connectivity index (χ1) is 8.60. The molecule has 0 aromatic carbocycles. The minimum absolute atomic E-state index is 0.141. The lowest BCUT2D eigenvalue weighted by Gasteiger charge is -2.15. The SMILES string of the molecule is CCOCCNC(=O)[C@H]1CC(CC)C[C@H]1C(=O)O. The third-order valence-electron chi connectivity index (χ3n) is 3.64. The van der Waals surface area contributed by atoms with Crippen LogP contribution in [0.1, 0.15) is 33.1 Å². The van der Waals surface area contributed by atoms with E-state index in [1.165, 1.54) is 0 Å². The smallest absolute Gasteiger partial charge is 0.307 e. The Morgan fingerprint density at radius 1 is 1.28 bits per heavy atom. The van der Waals surface area contributed by atoms with Gasteiger partial charge in [0, 0.05) is 13.2 Å². The average molecular weight is 257 g/mol. The molecule has 1 aliphatic carbocycles. The van der Waals surface area contributed by atoms with Gasteiger partial charge in [-0.3, -0.25) is 9.59 Å². The van der Waals surface area contributed by atoms with Crippen LogP contribution < -0.4 is 5.32 Å². The van der Waals surface area contributed by atoms with Gasteiger partial charge in [0.05, 0.1) is 18.4 Å². The van der Waals surface area contributed by atoms with E-state index >= 15 is 0 Å². The molecule has 0 saturated heterocycles. The fourth-order valence-corrected chi connectivity index (χ4v) is 2.56. The minimum Gasteiger partial charge on any atom is -0.481 e. The van der Waals surface area contributed by atoms with Crippen LogP contribution in [-0.4, -0.2) is 36.7 Å². The van der Waals surface area contributed by atoms with Crippen molar-refractivity contribution in [3.05, 3.63) is 0 Å². The van der Waals surface area contributed by atoms with Crippen molar-refractivity contribution in [3.8, 4) is 0 Å². The standard InChI is InChI=1S/C13H23NO4/c1-3-9-7-10(11(8-9)13(16)17)12(15)14-5-6-18-4-2/h9-11H,3-8H2,1-2H3,(H,14,15)(H,16,17)/t9?,10-,11+/m0/s1. The normalized spacial score (nSPS) is 27.1. The van der Waals surface area contributed by atoms with E-state index in [0.29, 0.717) is 38.5 Å². The molecule has 0 spiro atoms. The first-order valence-corrected chi connectivity index (χ1v) is 6.68. The lowest BCUT2D eigenvalue weighted by atomic mass is 9.95. The molecule has 3 atom stereocenters. The first-order valence-electron chi connectivity index (χ1n) is 6.68. The van der Waals surface area contributed by atoms with Crippen LogP contribution in [0.5, 0.6) is 0 Å². The molecular formula is C13H23NO4. The second kappa shape index (κ2) is 7.36. The highest BCUT2D eigenvalue weighted by atomic mass is 16.5. The number of hydrogen-bond donors (Lipinski definition) is 2. The summed E-state index contributed by atoms with van der Waals surface area (Å²) in [5, 5.41) is 11.9. The monoisotopic (exact) mass is 257 g/mol. The Kier molecular flexibility index (Phi) is 6.12. The molecule has 1 rings (SSSR count). The van der Waals surface area contributed by atoms with Crippen molar-refractivity contribution in [1.29, 1.82) is 0 Å². The van der Waals surface area contributed by atoms with Crippen molar-refractivity contribution in [2.75, 3.05) is 19.8 Å². The van der Waals surface area contributed by atoms with Crippen molar-refractivity contribution in [2.45, 2.75) is 33.1 Å². The van der Waals surface area contributed by atoms with Gasteiger partial charge in [-0.2, -0.15) is 0 Å². The van der Waals surface area contributed by atoms with E-state index < -0.39 is 11.9 Å². The summed E-state index contributed by atoms with van der Waals surface area (Å²) >= 11 is 0. The molecule has 0 aromatic heterocycles. The number of amides is 1. The summed E-state index contributed by atoms with van der Waals surface area (Å²) in [6.07, 6.45) is 2.25. The molecule has 0 radical (unpaired) electrons. The van der Waals surface area contributed by atoms with Gasteiger partial charge in [-0.1, -0.05) is 13.3 Å². The number of hydrogen-bond acceptors (Lipinski definition) is 3. The maximum Gasteiger partial charge on any atom is 0.307 e. The van der Waals surface area contributed by atoms with Gasteiger partial charge in [0.2, 0.25) is 5.91 Å². The van der Waals surface area contributed by atoms with Gasteiger partial charge in [0.25, 0.3) is 0 Å². The van der Waals surface area contributed by atoms with Crippen LogP contribution in [0.15, 0.2) is 0 Å². The molecule has 0 aliphatic heterocycles. The minimum atomic E-state index is -0.851. The molecule has 5 heteroatoms. The number of carbonyl (C=O) groups is 2. The van der Waals surface area contributed by atoms with Crippen molar-refractivity contribution in [1.82, 2.24) is 5.32 Å². The quantitative estimate of drug-likeness (QED) is 0.674. The Morgan fingerprint density at radius 3 is 2.50 bits per heavy atom. The van der Waals surface area contributed by atoms with E-state index in [2.05, 4.69) is 5.32 Å². The van der Waals surface area contributed by atoms with Gasteiger partial charge < -0.3 is 15.2 Å². The summed E-state index contributed by atoms with van der Waals surface area (Å²) in [6, 6.07) is 0. The van der Waals surface area contributed by atoms with Gasteiger partial charge in [0.15, 0.2) is 0 Å². The van der Waals surface area contributed by atoms with Crippen LogP contribution >= 0.6 is 0 Å². The van der Waals surface area contributed by atoms with E-state index in [-0.39, 0.29) is 11.8 Å². The predicted molar refractivity (Wildman–Crippen MR) is 67.1 cm³/mol. The van der Waals surface area contributed by atoms with Crippen LogP contribution in [0.2, 0.25) is 0 Å². The van der Waals surface area contributed by atoms with Gasteiger partial charge >= 0.3 is 5.97 Å². The molecular weight excluding hydrogens is 234 g/mol. The van der Waals surface area contributed by atoms with Crippen LogP contribution in [-0.2, 0) is 14.3 Å². The van der Waals surface area contributed by atoms with E-state index in [4.69, 9.17) is 9.84 Å². The number of nitrogens with one attached hydrogen (secondary N) is 1. The van der Waals surface area contributed by atoms with E-state index in [1.54, 1.807) is 0 Å². The van der Waals surface area contributed by atoms with Crippen LogP contribution in [0.3, 0.4) is 0 Å². The van der Waals surface area contributed by atoms with Crippen LogP contribution in [0.25, 0.3) is 0 Å². The summed E-state index contributed by atoms with van der Waals surface area (Å²) in [5.41, 5.74) is 0. The zero-order chi connectivity index (χ0) is 13.5. The van der Waals surface area contributed by atoms with Crippen molar-refractivity contribution in [3.63, 3.8) is 0 Å². The largest absolute Gasteiger partial charge is 0.481 e. The second-order valence-corrected chi connectivity index (χ2v) is 4.78. The Morgan fingerprint density at radius 2 is 1.94 bits per heavy atom. The Balaban J connectivity index is 2.46. The third-order valence-corrected chi connectivity index (χ3v) is 3.64. The maximum atomic E-state index is 12.0. The topological polar surface area (TPSA) is 75.6 Å². The van der Waals surface area contributed by atoms with Crippen molar-refractivity contribution in [2.24, 2.45) is 17.8 Å². The second-order valence-electron chi connectivity index (χ2n) is 4.78. The summed E-state index contributed by atoms with van der Waals surface area (Å²) < 4.78 is 5.13. The first kappa shape index (κ1) is 15.0. The fraction of sp³-hybridized carbons (Fsp3) is 0.846. The average Bonchev–Trinajstić information content (AvgIpc) is 2.78. The molecule has 1 unspecified atom stereocenters. The van der Waals surface area contributed by atoms with Gasteiger partial charge in [0.1, 0.15) is 0 Å². The molecule has 2 N–H and O–H groups in total. The highest BCUT2D eigenvalue weighted by Crippen LogP contribution is 2.38. The van der Waals surface area contributed by atoms with E-state index in [0.717, 1.165) is 6.42 Å². The zero-order valence-corrected chi connectivity index (χ0v) is 11.1. The summed E-state index contributed by atoms with van der Waals surface area (Å²) in [6.45, 7) is 5.48. The number of rotatable bonds is 7. The highest BCUT2D eigenvalue weighted by molar-refractivity contribution is 5.85. The Bertz CT molecular complexity index is 293. The Hall–Kier alpha value is -1.10. The summed E-state index contributed by atoms with van der Waals surface area (Å²) in [7, 11) is 0. The molecule has 0 bridgehead atoms. The number of ether oxygens (including phenoxy) is 1. The molecule has 104 valence electrons. The van der Waals surface area contributed by atoms with Gasteiger partial charge in [-0.05, 0) is 25.7 Å². The van der Waals surface area contributed by atoms with Crippen LogP contribution in [0, 0.1) is 17.8 Å². The van der Waals surface area contributed by atoms with Gasteiger partial charge in [-0.15, -0.1) is 0 Å². The van der Waals surface area contributed by atoms with Gasteiger partial charge in [-0.25, -0.2) is 0 Å². The number of carboxylic acids is 1. The zero-order valence-electron chi connectivity index (χ0n) is 11.1. The molecule has 1 aliphatic rings. The molecule has 5 nitrogen and oxygen atoms in total. The van der Waals surface area contributed by atoms with E-state index in [9.17, 15) is 9.59 Å². The van der Waals surface area contributed by atoms with Crippen LogP contribution in [0.4, 0.5) is 0 Å². The molecule has 1 fully saturated rings. The number of aliphatic carboxylic acids is 1. The maximum absolute atomic E-state index is 12.0. The number of carbonyl (C=O) groups excluding carboxylic acids is 1. The van der Waals surface area contributed by atoms with Crippen molar-refractivity contribution < 1.29 is 19.4 Å². The highest BCUT2D eigenvalue weighted by Gasteiger charge is 2.41. The Labute approximate surface area is 108 Å². The van der Waals surface area contributed by atoms with Crippen molar-refractivity contribution >= 4 is 11.9 Å². The summed E-state index contributed by atoms with van der Waals surface area (Å²) in [4.78, 5) is 23.1. The third kappa shape index (κ3) is 3.98. The lowest BCUT2D eigenvalue weighted by Crippen LogP contribution is -2.36. The molecule has 0 aromatic rings.